The minimum Gasteiger partial charge on any atom is -0.350 e. The average molecular weight is 428 g/mol. The molecule has 5 nitrogen and oxygen atoms in total. The van der Waals surface area contributed by atoms with E-state index in [-0.39, 0.29) is 11.8 Å². The van der Waals surface area contributed by atoms with Gasteiger partial charge in [0.25, 0.3) is 11.8 Å². The van der Waals surface area contributed by atoms with E-state index in [1.807, 2.05) is 18.2 Å². The van der Waals surface area contributed by atoms with Crippen molar-refractivity contribution in [2.24, 2.45) is 0 Å². The lowest BCUT2D eigenvalue weighted by Gasteiger charge is -2.35. The Bertz CT molecular complexity index is 1060. The van der Waals surface area contributed by atoms with Gasteiger partial charge in [-0.05, 0) is 60.4 Å². The van der Waals surface area contributed by atoms with Crippen molar-refractivity contribution < 1.29 is 9.59 Å². The van der Waals surface area contributed by atoms with E-state index in [4.69, 9.17) is 0 Å². The molecular weight excluding hydrogens is 398 g/mol. The highest BCUT2D eigenvalue weighted by atomic mass is 16.2. The number of carbonyl (C=O) groups is 2. The molecule has 3 aromatic rings. The molecule has 164 valence electrons. The standard InChI is InChI=1S/C27H29N3O2/c1-2-25(30-17-16-20-8-6-7-11-23(20)19-30)18-28-26(31)22-12-14-24(15-13-22)29-27(32)21-9-4-3-5-10-21/h3-15,25H,2,16-19H2,1H3,(H,28,31)(H,29,32). The van der Waals surface area contributed by atoms with Gasteiger partial charge >= 0.3 is 0 Å². The number of benzene rings is 3. The van der Waals surface area contributed by atoms with Gasteiger partial charge in [-0.3, -0.25) is 14.5 Å². The molecule has 2 amide bonds. The fraction of sp³-hybridized carbons (Fsp3) is 0.259. The van der Waals surface area contributed by atoms with Gasteiger partial charge in [-0.25, -0.2) is 0 Å². The zero-order chi connectivity index (χ0) is 22.3. The number of fused-ring (bicyclic) bond motifs is 1. The zero-order valence-corrected chi connectivity index (χ0v) is 18.4. The first-order valence-corrected chi connectivity index (χ1v) is 11.2. The van der Waals surface area contributed by atoms with E-state index in [0.29, 0.717) is 29.4 Å². The monoisotopic (exact) mass is 427 g/mol. The molecule has 0 saturated carbocycles. The van der Waals surface area contributed by atoms with Crippen molar-refractivity contribution >= 4 is 17.5 Å². The summed E-state index contributed by atoms with van der Waals surface area (Å²) in [7, 11) is 0. The minimum absolute atomic E-state index is 0.0956. The Kier molecular flexibility index (Phi) is 6.97. The van der Waals surface area contributed by atoms with Crippen LogP contribution < -0.4 is 10.6 Å². The predicted octanol–water partition coefficient (Wildman–Crippen LogP) is 4.51. The Hall–Kier alpha value is -3.44. The number of carbonyl (C=O) groups excluding carboxylic acids is 2. The van der Waals surface area contributed by atoms with Gasteiger partial charge in [0.2, 0.25) is 0 Å². The third-order valence-corrected chi connectivity index (χ3v) is 6.09. The van der Waals surface area contributed by atoms with E-state index in [1.165, 1.54) is 11.1 Å². The van der Waals surface area contributed by atoms with Crippen LogP contribution in [0, 0.1) is 0 Å². The summed E-state index contributed by atoms with van der Waals surface area (Å²) in [5, 5.41) is 5.95. The highest BCUT2D eigenvalue weighted by Gasteiger charge is 2.22. The lowest BCUT2D eigenvalue weighted by Crippen LogP contribution is -2.45. The summed E-state index contributed by atoms with van der Waals surface area (Å²) in [6.45, 7) is 4.73. The van der Waals surface area contributed by atoms with Crippen molar-refractivity contribution in [2.75, 3.05) is 18.4 Å². The lowest BCUT2D eigenvalue weighted by atomic mass is 9.98. The molecule has 32 heavy (non-hydrogen) atoms. The van der Waals surface area contributed by atoms with Crippen LogP contribution in [0.2, 0.25) is 0 Å². The molecular formula is C27H29N3O2. The molecule has 0 bridgehead atoms. The van der Waals surface area contributed by atoms with E-state index >= 15 is 0 Å². The van der Waals surface area contributed by atoms with Gasteiger partial charge < -0.3 is 10.6 Å². The Morgan fingerprint density at radius 1 is 0.844 bits per heavy atom. The number of nitrogens with one attached hydrogen (secondary N) is 2. The van der Waals surface area contributed by atoms with Crippen molar-refractivity contribution in [3.8, 4) is 0 Å². The second-order valence-corrected chi connectivity index (χ2v) is 8.16. The Labute approximate surface area is 189 Å². The van der Waals surface area contributed by atoms with Gasteiger partial charge in [-0.2, -0.15) is 0 Å². The Morgan fingerprint density at radius 2 is 1.50 bits per heavy atom. The molecule has 3 aromatic carbocycles. The molecule has 0 fully saturated rings. The van der Waals surface area contributed by atoms with Crippen LogP contribution in [0.15, 0.2) is 78.9 Å². The molecule has 1 atom stereocenters. The number of hydrogen-bond donors (Lipinski definition) is 2. The number of nitrogens with zero attached hydrogens (tertiary/aromatic N) is 1. The van der Waals surface area contributed by atoms with Gasteiger partial charge in [0, 0.05) is 42.5 Å². The molecule has 0 aromatic heterocycles. The van der Waals surface area contributed by atoms with Crippen molar-refractivity contribution in [1.82, 2.24) is 10.2 Å². The van der Waals surface area contributed by atoms with E-state index in [1.54, 1.807) is 36.4 Å². The Morgan fingerprint density at radius 3 is 2.22 bits per heavy atom. The fourth-order valence-electron chi connectivity index (χ4n) is 4.17. The van der Waals surface area contributed by atoms with Gasteiger partial charge in [0.1, 0.15) is 0 Å². The van der Waals surface area contributed by atoms with E-state index in [9.17, 15) is 9.59 Å². The maximum atomic E-state index is 12.7. The number of anilines is 1. The molecule has 2 N–H and O–H groups in total. The van der Waals surface area contributed by atoms with Crippen molar-refractivity contribution in [3.63, 3.8) is 0 Å². The summed E-state index contributed by atoms with van der Waals surface area (Å²) in [5.74, 6) is -0.265. The molecule has 1 heterocycles. The molecule has 0 aliphatic carbocycles. The number of rotatable bonds is 7. The lowest BCUT2D eigenvalue weighted by molar-refractivity contribution is 0.0926. The molecule has 0 spiro atoms. The summed E-state index contributed by atoms with van der Waals surface area (Å²) in [6.07, 6.45) is 2.03. The predicted molar refractivity (Wildman–Crippen MR) is 128 cm³/mol. The average Bonchev–Trinajstić information content (AvgIpc) is 2.85. The molecule has 1 unspecified atom stereocenters. The molecule has 1 aliphatic rings. The van der Waals surface area contributed by atoms with Crippen LogP contribution in [-0.2, 0) is 13.0 Å². The minimum atomic E-state index is -0.170. The maximum absolute atomic E-state index is 12.7. The molecule has 5 heteroatoms. The van der Waals surface area contributed by atoms with E-state index in [0.717, 1.165) is 25.9 Å². The normalized spacial score (nSPS) is 14.3. The SMILES string of the molecule is CCC(CNC(=O)c1ccc(NC(=O)c2ccccc2)cc1)N1CCc2ccccc2C1. The van der Waals surface area contributed by atoms with Crippen molar-refractivity contribution in [3.05, 3.63) is 101 Å². The van der Waals surface area contributed by atoms with Crippen molar-refractivity contribution in [2.45, 2.75) is 32.4 Å². The second kappa shape index (κ2) is 10.2. The third-order valence-electron chi connectivity index (χ3n) is 6.09. The van der Waals surface area contributed by atoms with Crippen LogP contribution in [0.25, 0.3) is 0 Å². The highest BCUT2D eigenvalue weighted by molar-refractivity contribution is 6.04. The summed E-state index contributed by atoms with van der Waals surface area (Å²) < 4.78 is 0. The quantitative estimate of drug-likeness (QED) is 0.583. The van der Waals surface area contributed by atoms with Crippen LogP contribution in [0.3, 0.4) is 0 Å². The molecule has 0 radical (unpaired) electrons. The first-order valence-electron chi connectivity index (χ1n) is 11.2. The number of amides is 2. The first kappa shape index (κ1) is 21.8. The van der Waals surface area contributed by atoms with Gasteiger partial charge in [-0.15, -0.1) is 0 Å². The van der Waals surface area contributed by atoms with Crippen LogP contribution in [0.5, 0.6) is 0 Å². The van der Waals surface area contributed by atoms with E-state index < -0.39 is 0 Å². The van der Waals surface area contributed by atoms with Crippen molar-refractivity contribution in [1.29, 1.82) is 0 Å². The van der Waals surface area contributed by atoms with Gasteiger partial charge in [0.05, 0.1) is 0 Å². The second-order valence-electron chi connectivity index (χ2n) is 8.16. The summed E-state index contributed by atoms with van der Waals surface area (Å²) in [4.78, 5) is 27.4. The maximum Gasteiger partial charge on any atom is 0.255 e. The topological polar surface area (TPSA) is 61.4 Å². The van der Waals surface area contributed by atoms with E-state index in [2.05, 4.69) is 46.7 Å². The molecule has 1 aliphatic heterocycles. The van der Waals surface area contributed by atoms with Crippen LogP contribution in [0.1, 0.15) is 45.2 Å². The molecule has 0 saturated heterocycles. The molecule has 4 rings (SSSR count). The smallest absolute Gasteiger partial charge is 0.255 e. The number of hydrogen-bond acceptors (Lipinski definition) is 3. The van der Waals surface area contributed by atoms with Crippen LogP contribution in [-0.4, -0.2) is 35.8 Å². The summed E-state index contributed by atoms with van der Waals surface area (Å²) >= 11 is 0. The Balaban J connectivity index is 1.31. The summed E-state index contributed by atoms with van der Waals surface area (Å²) in [5.41, 5.74) is 4.66. The highest BCUT2D eigenvalue weighted by Crippen LogP contribution is 2.21. The first-order chi connectivity index (χ1) is 15.6. The van der Waals surface area contributed by atoms with Gasteiger partial charge in [-0.1, -0.05) is 49.4 Å². The third kappa shape index (κ3) is 5.24. The zero-order valence-electron chi connectivity index (χ0n) is 18.4. The van der Waals surface area contributed by atoms with Gasteiger partial charge in [0.15, 0.2) is 0 Å². The summed E-state index contributed by atoms with van der Waals surface area (Å²) in [6, 6.07) is 25.0. The van der Waals surface area contributed by atoms with Crippen LogP contribution in [0.4, 0.5) is 5.69 Å². The van der Waals surface area contributed by atoms with Crippen LogP contribution >= 0.6 is 0 Å². The fourth-order valence-corrected chi connectivity index (χ4v) is 4.17. The largest absolute Gasteiger partial charge is 0.350 e.